The van der Waals surface area contributed by atoms with Crippen LogP contribution in [0.15, 0.2) is 29.6 Å². The molecule has 0 spiro atoms. The number of hydrogen-bond acceptors (Lipinski definition) is 9. The van der Waals surface area contributed by atoms with E-state index >= 15 is 0 Å². The highest BCUT2D eigenvalue weighted by Crippen LogP contribution is 2.31. The first kappa shape index (κ1) is 42.5. The van der Waals surface area contributed by atoms with E-state index in [9.17, 15) is 29.1 Å². The summed E-state index contributed by atoms with van der Waals surface area (Å²) in [4.78, 5) is 73.4. The molecule has 3 amide bonds. The van der Waals surface area contributed by atoms with Crippen molar-refractivity contribution in [1.82, 2.24) is 25.4 Å². The molecule has 7 atom stereocenters. The third kappa shape index (κ3) is 12.1. The van der Waals surface area contributed by atoms with Crippen molar-refractivity contribution >= 4 is 46.7 Å². The van der Waals surface area contributed by atoms with Crippen molar-refractivity contribution in [1.29, 1.82) is 0 Å². The number of aliphatic carboxylic acids is 1. The Hall–Kier alpha value is -3.88. The van der Waals surface area contributed by atoms with Crippen molar-refractivity contribution in [3.05, 3.63) is 45.9 Å². The van der Waals surface area contributed by atoms with Crippen molar-refractivity contribution in [3.8, 4) is 0 Å². The molecular formula is C38H59N6O7S+. The fourth-order valence-corrected chi connectivity index (χ4v) is 7.54. The molecule has 6 N–H and O–H groups in total. The molecule has 2 aromatic rings. The van der Waals surface area contributed by atoms with Crippen LogP contribution in [0.25, 0.3) is 0 Å². The van der Waals surface area contributed by atoms with E-state index in [2.05, 4.69) is 21.4 Å². The lowest BCUT2D eigenvalue weighted by Crippen LogP contribution is -2.58. The predicted molar refractivity (Wildman–Crippen MR) is 200 cm³/mol. The van der Waals surface area contributed by atoms with Gasteiger partial charge in [-0.15, -0.1) is 11.3 Å². The number of piperidine rings is 1. The van der Waals surface area contributed by atoms with Crippen LogP contribution < -0.4 is 16.4 Å². The van der Waals surface area contributed by atoms with E-state index < -0.39 is 48.0 Å². The maximum atomic E-state index is 14.2. The van der Waals surface area contributed by atoms with Gasteiger partial charge in [0, 0.05) is 37.9 Å². The van der Waals surface area contributed by atoms with Gasteiger partial charge in [-0.3, -0.25) is 28.9 Å². The Balaban J connectivity index is 1.81. The number of carboxylic acid groups (broad SMARTS) is 1. The molecule has 0 aliphatic carbocycles. The number of carbonyl (C=O) groups excluding carboxylic acids is 4. The topological polar surface area (TPSA) is 186 Å². The molecule has 13 nitrogen and oxygen atoms in total. The SMILES string of the molecule is CCC(C)C(NC(=O)C1CCCCN1C)C(=O)N(C)C(CC(OC(C)=O)c1nc(C(=O)NC(Cc2ccc([NH3+])cc2)CC(C)C(=O)O)cs1)C(C)C. The van der Waals surface area contributed by atoms with Crippen LogP contribution >= 0.6 is 11.3 Å². The standard InChI is InChI=1S/C38H58N6O7S/c1-9-23(4)33(42-35(47)30-12-10-11-17-43(30)7)37(48)44(8)31(22(2)3)20-32(51-25(6)45)36-41-29(21-52-36)34(46)40-28(18-24(5)38(49)50)19-26-13-15-27(39)16-14-26/h13-16,21-24,28,30-33H,9-12,17-20,39H2,1-8H3,(H,40,46)(H,42,47)(H,49,50)/p+1. The molecule has 1 aliphatic heterocycles. The Bertz CT molecular complexity index is 1520. The lowest BCUT2D eigenvalue weighted by molar-refractivity contribution is -0.254. The molecule has 1 aromatic carbocycles. The molecule has 0 saturated carbocycles. The molecular weight excluding hydrogens is 685 g/mol. The van der Waals surface area contributed by atoms with Crippen molar-refractivity contribution in [2.75, 3.05) is 20.6 Å². The van der Waals surface area contributed by atoms with E-state index in [4.69, 9.17) is 4.74 Å². The van der Waals surface area contributed by atoms with Crippen LogP contribution in [0.2, 0.25) is 0 Å². The number of likely N-dealkylation sites (tertiary alicyclic amines) is 1. The largest absolute Gasteiger partial charge is 0.481 e. The number of amides is 3. The number of hydrogen-bond donors (Lipinski definition) is 4. The number of rotatable bonds is 18. The Labute approximate surface area is 312 Å². The minimum absolute atomic E-state index is 0.0537. The fourth-order valence-electron chi connectivity index (χ4n) is 6.70. The van der Waals surface area contributed by atoms with Gasteiger partial charge in [0.2, 0.25) is 11.8 Å². The van der Waals surface area contributed by atoms with Gasteiger partial charge in [0.05, 0.1) is 12.0 Å². The highest BCUT2D eigenvalue weighted by Gasteiger charge is 2.37. The van der Waals surface area contributed by atoms with Crippen LogP contribution in [0.4, 0.5) is 5.69 Å². The summed E-state index contributed by atoms with van der Waals surface area (Å²) in [5, 5.41) is 17.6. The van der Waals surface area contributed by atoms with Gasteiger partial charge in [-0.2, -0.15) is 0 Å². The van der Waals surface area contributed by atoms with Gasteiger partial charge < -0.3 is 31.1 Å². The van der Waals surface area contributed by atoms with E-state index in [0.717, 1.165) is 37.1 Å². The normalized spacial score (nSPS) is 18.4. The fraction of sp³-hybridized carbons (Fsp3) is 0.632. The summed E-state index contributed by atoms with van der Waals surface area (Å²) in [5.74, 6) is -3.16. The van der Waals surface area contributed by atoms with E-state index in [0.29, 0.717) is 17.8 Å². The summed E-state index contributed by atoms with van der Waals surface area (Å²) in [5.41, 5.74) is 5.80. The molecule has 2 heterocycles. The first-order chi connectivity index (χ1) is 24.5. The summed E-state index contributed by atoms with van der Waals surface area (Å²) in [6.45, 7) is 11.7. The Morgan fingerprint density at radius 2 is 1.75 bits per heavy atom. The highest BCUT2D eigenvalue weighted by molar-refractivity contribution is 7.09. The predicted octanol–water partition coefficient (Wildman–Crippen LogP) is 3.96. The number of carboxylic acids is 1. The molecule has 1 saturated heterocycles. The number of ether oxygens (including phenoxy) is 1. The first-order valence-corrected chi connectivity index (χ1v) is 19.2. The zero-order chi connectivity index (χ0) is 38.7. The zero-order valence-electron chi connectivity index (χ0n) is 32.0. The molecule has 1 fully saturated rings. The average molecular weight is 744 g/mol. The Kier molecular flexibility index (Phi) is 16.2. The molecule has 0 radical (unpaired) electrons. The molecule has 1 aliphatic rings. The zero-order valence-corrected chi connectivity index (χ0v) is 32.8. The van der Waals surface area contributed by atoms with E-state index in [-0.39, 0.29) is 48.2 Å². The van der Waals surface area contributed by atoms with Crippen LogP contribution in [0.3, 0.4) is 0 Å². The molecule has 14 heteroatoms. The summed E-state index contributed by atoms with van der Waals surface area (Å²) in [7, 11) is 3.66. The summed E-state index contributed by atoms with van der Waals surface area (Å²) in [6.07, 6.45) is 3.46. The van der Waals surface area contributed by atoms with E-state index in [1.807, 2.05) is 63.9 Å². The minimum Gasteiger partial charge on any atom is -0.481 e. The number of carbonyl (C=O) groups is 5. The first-order valence-electron chi connectivity index (χ1n) is 18.4. The van der Waals surface area contributed by atoms with Crippen molar-refractivity contribution in [3.63, 3.8) is 0 Å². The number of benzene rings is 1. The monoisotopic (exact) mass is 743 g/mol. The highest BCUT2D eigenvalue weighted by atomic mass is 32.1. The van der Waals surface area contributed by atoms with Crippen molar-refractivity contribution in [2.45, 2.75) is 117 Å². The number of quaternary nitrogens is 1. The molecule has 52 heavy (non-hydrogen) atoms. The smallest absolute Gasteiger partial charge is 0.306 e. The second-order valence-corrected chi connectivity index (χ2v) is 15.6. The molecule has 1 aromatic heterocycles. The van der Waals surface area contributed by atoms with Gasteiger partial charge in [0.1, 0.15) is 22.4 Å². The summed E-state index contributed by atoms with van der Waals surface area (Å²) >= 11 is 1.18. The Morgan fingerprint density at radius 1 is 1.08 bits per heavy atom. The molecule has 0 bridgehead atoms. The van der Waals surface area contributed by atoms with Gasteiger partial charge in [0.25, 0.3) is 5.91 Å². The number of aromatic nitrogens is 1. The number of likely N-dealkylation sites (N-methyl/N-ethyl adjacent to an activating group) is 2. The van der Waals surface area contributed by atoms with Crippen molar-refractivity contribution in [2.24, 2.45) is 17.8 Å². The van der Waals surface area contributed by atoms with Crippen LogP contribution in [-0.2, 0) is 30.3 Å². The van der Waals surface area contributed by atoms with Gasteiger partial charge >= 0.3 is 11.9 Å². The maximum absolute atomic E-state index is 14.2. The number of nitrogens with zero attached hydrogens (tertiary/aromatic N) is 3. The second kappa shape index (κ2) is 19.8. The number of thiazole rings is 1. The van der Waals surface area contributed by atoms with Crippen LogP contribution in [0.5, 0.6) is 0 Å². The molecule has 288 valence electrons. The third-order valence-corrected chi connectivity index (χ3v) is 11.1. The van der Waals surface area contributed by atoms with Crippen LogP contribution in [0, 0.1) is 17.8 Å². The number of esters is 1. The van der Waals surface area contributed by atoms with Gasteiger partial charge in [-0.1, -0.05) is 59.6 Å². The van der Waals surface area contributed by atoms with E-state index in [1.54, 1.807) is 24.3 Å². The summed E-state index contributed by atoms with van der Waals surface area (Å²) in [6, 6.07) is 5.65. The maximum Gasteiger partial charge on any atom is 0.306 e. The van der Waals surface area contributed by atoms with Gasteiger partial charge in [-0.05, 0) is 68.8 Å². The Morgan fingerprint density at radius 3 is 2.33 bits per heavy atom. The quantitative estimate of drug-likeness (QED) is 0.164. The second-order valence-electron chi connectivity index (χ2n) is 14.7. The lowest BCUT2D eigenvalue weighted by Gasteiger charge is -2.38. The van der Waals surface area contributed by atoms with Gasteiger partial charge in [-0.25, -0.2) is 4.98 Å². The van der Waals surface area contributed by atoms with Crippen LogP contribution in [0.1, 0.15) is 107 Å². The third-order valence-electron chi connectivity index (χ3n) is 10.2. The molecule has 7 unspecified atom stereocenters. The van der Waals surface area contributed by atoms with Gasteiger partial charge in [0.15, 0.2) is 6.10 Å². The van der Waals surface area contributed by atoms with E-state index in [1.165, 1.54) is 18.3 Å². The lowest BCUT2D eigenvalue weighted by atomic mass is 9.92. The minimum atomic E-state index is -0.953. The van der Waals surface area contributed by atoms with Crippen molar-refractivity contribution < 1.29 is 39.5 Å². The average Bonchev–Trinajstić information content (AvgIpc) is 3.59. The summed E-state index contributed by atoms with van der Waals surface area (Å²) < 4.78 is 5.77. The van der Waals surface area contributed by atoms with Crippen LogP contribution in [-0.4, -0.2) is 94.4 Å². The number of nitrogens with one attached hydrogen (secondary N) is 2. The molecule has 3 rings (SSSR count).